The van der Waals surface area contributed by atoms with Crippen molar-refractivity contribution in [2.45, 2.75) is 25.2 Å². The Hall–Kier alpha value is -2.62. The van der Waals surface area contributed by atoms with Crippen LogP contribution in [0.15, 0.2) is 53.5 Å². The number of rotatable bonds is 6. The van der Waals surface area contributed by atoms with Crippen molar-refractivity contribution in [1.29, 1.82) is 0 Å². The molecule has 8 heteroatoms. The van der Waals surface area contributed by atoms with Gasteiger partial charge in [-0.1, -0.05) is 30.3 Å². The molecule has 0 fully saturated rings. The first kappa shape index (κ1) is 22.1. The fourth-order valence-corrected chi connectivity index (χ4v) is 3.71. The Balaban J connectivity index is 0.00000256. The smallest absolute Gasteiger partial charge is 0.225 e. The van der Waals surface area contributed by atoms with E-state index in [9.17, 15) is 4.79 Å². The number of carbonyl (C=O) groups is 1. The number of nitrogens with one attached hydrogen (secondary N) is 4. The second-order valence-corrected chi connectivity index (χ2v) is 7.22. The molecule has 0 aliphatic carbocycles. The number of nitrogens with zero attached hydrogens (tertiary/aromatic N) is 2. The number of carbonyl (C=O) groups excluding carboxylic acids is 1. The lowest BCUT2D eigenvalue weighted by molar-refractivity contribution is -0.116. The molecule has 30 heavy (non-hydrogen) atoms. The number of amides is 1. The summed E-state index contributed by atoms with van der Waals surface area (Å²) in [5, 5.41) is 9.64. The van der Waals surface area contributed by atoms with E-state index < -0.39 is 0 Å². The Morgan fingerprint density at radius 3 is 2.80 bits per heavy atom. The lowest BCUT2D eigenvalue weighted by Gasteiger charge is -2.26. The van der Waals surface area contributed by atoms with Crippen LogP contribution in [-0.4, -0.2) is 42.0 Å². The molecular formula is C22H27IN6O. The summed E-state index contributed by atoms with van der Waals surface area (Å²) < 4.78 is 0. The normalized spacial score (nSPS) is 15.8. The number of benzene rings is 2. The highest BCUT2D eigenvalue weighted by atomic mass is 127. The number of hydrogen-bond donors (Lipinski definition) is 4. The maximum atomic E-state index is 12.0. The molecule has 2 aromatic carbocycles. The first-order valence-corrected chi connectivity index (χ1v) is 10.00. The molecule has 0 bridgehead atoms. The van der Waals surface area contributed by atoms with Gasteiger partial charge in [-0.05, 0) is 30.2 Å². The standard InChI is InChI=1S/C22H26N6O.HI/c1-23-22(24-12-6-11-20-26-18-9-4-5-10-19(18)27-20)25-14-15-13-21(29)28-17-8-3-2-7-16(15)17;/h2-5,7-10,15H,6,11-14H2,1H3,(H,26,27)(H,28,29)(H2,23,24,25);1H. The lowest BCUT2D eigenvalue weighted by atomic mass is 9.90. The fourth-order valence-electron chi connectivity index (χ4n) is 3.71. The second-order valence-electron chi connectivity index (χ2n) is 7.22. The average Bonchev–Trinajstić information content (AvgIpc) is 3.16. The van der Waals surface area contributed by atoms with E-state index in [4.69, 9.17) is 0 Å². The van der Waals surface area contributed by atoms with Gasteiger partial charge in [0.2, 0.25) is 5.91 Å². The van der Waals surface area contributed by atoms with Crippen LogP contribution in [0.5, 0.6) is 0 Å². The minimum atomic E-state index is 0. The molecule has 2 heterocycles. The third-order valence-electron chi connectivity index (χ3n) is 5.17. The summed E-state index contributed by atoms with van der Waals surface area (Å²) in [5.41, 5.74) is 4.15. The number of hydrogen-bond acceptors (Lipinski definition) is 3. The first-order valence-electron chi connectivity index (χ1n) is 10.00. The summed E-state index contributed by atoms with van der Waals surface area (Å²) in [4.78, 5) is 24.2. The van der Waals surface area contributed by atoms with E-state index in [2.05, 4.69) is 37.0 Å². The van der Waals surface area contributed by atoms with E-state index in [1.165, 1.54) is 5.56 Å². The van der Waals surface area contributed by atoms with Crippen LogP contribution in [0.1, 0.15) is 30.1 Å². The number of aromatic nitrogens is 2. The van der Waals surface area contributed by atoms with Crippen LogP contribution in [0.4, 0.5) is 5.69 Å². The Bertz CT molecular complexity index is 998. The van der Waals surface area contributed by atoms with Crippen molar-refractivity contribution in [2.75, 3.05) is 25.5 Å². The lowest BCUT2D eigenvalue weighted by Crippen LogP contribution is -2.41. The van der Waals surface area contributed by atoms with Crippen LogP contribution in [0.25, 0.3) is 11.0 Å². The van der Waals surface area contributed by atoms with Gasteiger partial charge in [0.25, 0.3) is 0 Å². The van der Waals surface area contributed by atoms with Crippen LogP contribution in [0, 0.1) is 0 Å². The molecule has 1 aliphatic heterocycles. The predicted octanol–water partition coefficient (Wildman–Crippen LogP) is 3.40. The molecule has 158 valence electrons. The molecule has 1 aliphatic rings. The molecule has 1 aromatic heterocycles. The Morgan fingerprint density at radius 1 is 1.17 bits per heavy atom. The van der Waals surface area contributed by atoms with Crippen molar-refractivity contribution in [3.05, 3.63) is 59.9 Å². The van der Waals surface area contributed by atoms with Crippen LogP contribution in [-0.2, 0) is 11.2 Å². The molecule has 0 saturated carbocycles. The van der Waals surface area contributed by atoms with Crippen LogP contribution in [0.2, 0.25) is 0 Å². The van der Waals surface area contributed by atoms with E-state index in [0.29, 0.717) is 13.0 Å². The Morgan fingerprint density at radius 2 is 1.97 bits per heavy atom. The Labute approximate surface area is 193 Å². The van der Waals surface area contributed by atoms with Gasteiger partial charge in [-0.3, -0.25) is 9.79 Å². The minimum Gasteiger partial charge on any atom is -0.356 e. The molecule has 0 radical (unpaired) electrons. The van der Waals surface area contributed by atoms with E-state index >= 15 is 0 Å². The maximum Gasteiger partial charge on any atom is 0.225 e. The molecule has 1 unspecified atom stereocenters. The van der Waals surface area contributed by atoms with Gasteiger partial charge >= 0.3 is 0 Å². The highest BCUT2D eigenvalue weighted by molar-refractivity contribution is 14.0. The Kier molecular flexibility index (Phi) is 7.67. The number of aliphatic imine (C=N–C) groups is 1. The summed E-state index contributed by atoms with van der Waals surface area (Å²) in [6.45, 7) is 1.45. The van der Waals surface area contributed by atoms with Gasteiger partial charge in [-0.15, -0.1) is 24.0 Å². The monoisotopic (exact) mass is 518 g/mol. The van der Waals surface area contributed by atoms with E-state index in [1.54, 1.807) is 7.05 Å². The number of imidazole rings is 1. The number of fused-ring (bicyclic) bond motifs is 2. The number of guanidine groups is 1. The van der Waals surface area contributed by atoms with Gasteiger partial charge in [0, 0.05) is 44.6 Å². The molecule has 4 rings (SSSR count). The zero-order valence-electron chi connectivity index (χ0n) is 16.9. The summed E-state index contributed by atoms with van der Waals surface area (Å²) in [6.07, 6.45) is 2.29. The SMILES string of the molecule is CN=C(NCCCc1nc2ccccc2[nH]1)NCC1CC(=O)Nc2ccccc21.I. The van der Waals surface area contributed by atoms with Gasteiger partial charge in [0.1, 0.15) is 5.82 Å². The number of aromatic amines is 1. The van der Waals surface area contributed by atoms with Crippen molar-refractivity contribution in [2.24, 2.45) is 4.99 Å². The van der Waals surface area contributed by atoms with Gasteiger partial charge in [-0.25, -0.2) is 4.98 Å². The van der Waals surface area contributed by atoms with Gasteiger partial charge < -0.3 is 20.9 Å². The number of para-hydroxylation sites is 3. The molecule has 7 nitrogen and oxygen atoms in total. The predicted molar refractivity (Wildman–Crippen MR) is 132 cm³/mol. The molecule has 1 amide bonds. The second kappa shape index (κ2) is 10.4. The quantitative estimate of drug-likeness (QED) is 0.174. The third-order valence-corrected chi connectivity index (χ3v) is 5.17. The van der Waals surface area contributed by atoms with Crippen molar-refractivity contribution < 1.29 is 4.79 Å². The zero-order chi connectivity index (χ0) is 20.1. The van der Waals surface area contributed by atoms with Gasteiger partial charge in [0.05, 0.1) is 11.0 Å². The van der Waals surface area contributed by atoms with E-state index in [0.717, 1.165) is 47.9 Å². The molecular weight excluding hydrogens is 491 g/mol. The van der Waals surface area contributed by atoms with Crippen molar-refractivity contribution in [1.82, 2.24) is 20.6 Å². The van der Waals surface area contributed by atoms with Crippen molar-refractivity contribution in [3.8, 4) is 0 Å². The van der Waals surface area contributed by atoms with Crippen LogP contribution >= 0.6 is 24.0 Å². The fraction of sp³-hybridized carbons (Fsp3) is 0.318. The largest absolute Gasteiger partial charge is 0.356 e. The molecule has 1 atom stereocenters. The number of H-pyrrole nitrogens is 1. The topological polar surface area (TPSA) is 94.2 Å². The van der Waals surface area contributed by atoms with Gasteiger partial charge in [0.15, 0.2) is 5.96 Å². The average molecular weight is 518 g/mol. The summed E-state index contributed by atoms with van der Waals surface area (Å²) in [5.74, 6) is 1.94. The molecule has 3 aromatic rings. The molecule has 0 spiro atoms. The highest BCUT2D eigenvalue weighted by Gasteiger charge is 2.24. The van der Waals surface area contributed by atoms with Gasteiger partial charge in [-0.2, -0.15) is 0 Å². The highest BCUT2D eigenvalue weighted by Crippen LogP contribution is 2.31. The van der Waals surface area contributed by atoms with Crippen molar-refractivity contribution in [3.63, 3.8) is 0 Å². The van der Waals surface area contributed by atoms with E-state index in [-0.39, 0.29) is 35.8 Å². The summed E-state index contributed by atoms with van der Waals surface area (Å²) in [7, 11) is 1.76. The third kappa shape index (κ3) is 5.29. The molecule has 0 saturated heterocycles. The minimum absolute atomic E-state index is 0. The zero-order valence-corrected chi connectivity index (χ0v) is 19.3. The number of anilines is 1. The number of halogens is 1. The van der Waals surface area contributed by atoms with Crippen LogP contribution in [0.3, 0.4) is 0 Å². The molecule has 4 N–H and O–H groups in total. The summed E-state index contributed by atoms with van der Waals surface area (Å²) >= 11 is 0. The maximum absolute atomic E-state index is 12.0. The summed E-state index contributed by atoms with van der Waals surface area (Å²) in [6, 6.07) is 16.0. The van der Waals surface area contributed by atoms with Crippen molar-refractivity contribution >= 4 is 52.6 Å². The van der Waals surface area contributed by atoms with Crippen LogP contribution < -0.4 is 16.0 Å². The van der Waals surface area contributed by atoms with E-state index in [1.807, 2.05) is 42.5 Å². The first-order chi connectivity index (χ1) is 14.2. The number of aryl methyl sites for hydroxylation is 1.